The Morgan fingerprint density at radius 1 is 1.31 bits per heavy atom. The van der Waals surface area contributed by atoms with Crippen molar-refractivity contribution in [1.29, 1.82) is 0 Å². The van der Waals surface area contributed by atoms with Gasteiger partial charge in [0.1, 0.15) is 5.75 Å². The van der Waals surface area contributed by atoms with Crippen LogP contribution in [0.25, 0.3) is 0 Å². The van der Waals surface area contributed by atoms with E-state index in [1.807, 2.05) is 20.0 Å². The summed E-state index contributed by atoms with van der Waals surface area (Å²) in [7, 11) is 0. The van der Waals surface area contributed by atoms with Gasteiger partial charge >= 0.3 is 0 Å². The van der Waals surface area contributed by atoms with Gasteiger partial charge in [-0.2, -0.15) is 0 Å². The lowest BCUT2D eigenvalue weighted by Crippen LogP contribution is -2.17. The van der Waals surface area contributed by atoms with Crippen molar-refractivity contribution in [2.75, 3.05) is 13.1 Å². The van der Waals surface area contributed by atoms with Gasteiger partial charge in [0.2, 0.25) is 0 Å². The van der Waals surface area contributed by atoms with Crippen LogP contribution in [0, 0.1) is 0 Å². The Kier molecular flexibility index (Phi) is 5.86. The van der Waals surface area contributed by atoms with E-state index in [0.29, 0.717) is 0 Å². The van der Waals surface area contributed by atoms with Crippen LogP contribution in [0.15, 0.2) is 18.5 Å². The highest BCUT2D eigenvalue weighted by molar-refractivity contribution is 5.23. The first kappa shape index (κ1) is 13.0. The minimum Gasteiger partial charge on any atom is -0.489 e. The largest absolute Gasteiger partial charge is 0.489 e. The third-order valence-corrected chi connectivity index (χ3v) is 2.16. The number of nitrogens with zero attached hydrogens (tertiary/aromatic N) is 1. The van der Waals surface area contributed by atoms with E-state index in [0.717, 1.165) is 25.3 Å². The number of ether oxygens (including phenoxy) is 1. The Morgan fingerprint density at radius 2 is 2.12 bits per heavy atom. The third kappa shape index (κ3) is 5.12. The molecule has 1 heterocycles. The Bertz CT molecular complexity index is 300. The molecule has 0 spiro atoms. The van der Waals surface area contributed by atoms with E-state index in [9.17, 15) is 0 Å². The molecule has 0 radical (unpaired) electrons. The maximum absolute atomic E-state index is 5.60. The van der Waals surface area contributed by atoms with Gasteiger partial charge < -0.3 is 10.1 Å². The van der Waals surface area contributed by atoms with Crippen LogP contribution in [0.3, 0.4) is 0 Å². The van der Waals surface area contributed by atoms with Crippen molar-refractivity contribution in [3.05, 3.63) is 24.0 Å². The molecule has 0 unspecified atom stereocenters. The Morgan fingerprint density at radius 3 is 2.81 bits per heavy atom. The van der Waals surface area contributed by atoms with Crippen molar-refractivity contribution in [3.63, 3.8) is 0 Å². The second-order valence-electron chi connectivity index (χ2n) is 4.20. The van der Waals surface area contributed by atoms with E-state index in [-0.39, 0.29) is 6.10 Å². The average molecular weight is 222 g/mol. The quantitative estimate of drug-likeness (QED) is 0.719. The summed E-state index contributed by atoms with van der Waals surface area (Å²) in [5, 5.41) is 3.38. The Hall–Kier alpha value is -1.09. The van der Waals surface area contributed by atoms with Crippen molar-refractivity contribution in [2.24, 2.45) is 0 Å². The second-order valence-corrected chi connectivity index (χ2v) is 4.20. The van der Waals surface area contributed by atoms with Crippen molar-refractivity contribution in [1.82, 2.24) is 10.3 Å². The van der Waals surface area contributed by atoms with Gasteiger partial charge in [-0.3, -0.25) is 4.98 Å². The summed E-state index contributed by atoms with van der Waals surface area (Å²) in [5.74, 6) is 0.864. The summed E-state index contributed by atoms with van der Waals surface area (Å²) in [6.45, 7) is 8.30. The van der Waals surface area contributed by atoms with Crippen molar-refractivity contribution in [2.45, 2.75) is 39.7 Å². The van der Waals surface area contributed by atoms with Gasteiger partial charge in [-0.05, 0) is 51.4 Å². The number of aromatic nitrogens is 1. The number of hydrogen-bond donors (Lipinski definition) is 1. The predicted molar refractivity (Wildman–Crippen MR) is 66.9 cm³/mol. The standard InChI is InChI=1S/C13H22N2O/c1-4-6-14-7-5-12-8-13(10-15-9-12)16-11(2)3/h8-11,14H,4-7H2,1-3H3. The van der Waals surface area contributed by atoms with Crippen LogP contribution in [0.2, 0.25) is 0 Å². The first-order valence-electron chi connectivity index (χ1n) is 6.03. The molecule has 0 saturated carbocycles. The Balaban J connectivity index is 2.41. The molecule has 0 amide bonds. The first-order chi connectivity index (χ1) is 7.72. The van der Waals surface area contributed by atoms with E-state index in [1.165, 1.54) is 12.0 Å². The maximum Gasteiger partial charge on any atom is 0.138 e. The monoisotopic (exact) mass is 222 g/mol. The van der Waals surface area contributed by atoms with E-state index in [4.69, 9.17) is 4.74 Å². The minimum absolute atomic E-state index is 0.204. The molecule has 0 bridgehead atoms. The fraction of sp³-hybridized carbons (Fsp3) is 0.615. The molecule has 16 heavy (non-hydrogen) atoms. The average Bonchev–Trinajstić information content (AvgIpc) is 2.24. The van der Waals surface area contributed by atoms with E-state index in [2.05, 4.69) is 23.3 Å². The molecule has 0 aliphatic carbocycles. The first-order valence-corrected chi connectivity index (χ1v) is 6.03. The van der Waals surface area contributed by atoms with Crippen molar-refractivity contribution in [3.8, 4) is 5.75 Å². The topological polar surface area (TPSA) is 34.2 Å². The van der Waals surface area contributed by atoms with Crippen LogP contribution in [0.4, 0.5) is 0 Å². The van der Waals surface area contributed by atoms with Gasteiger partial charge in [0.25, 0.3) is 0 Å². The molecular formula is C13H22N2O. The molecule has 1 rings (SSSR count). The van der Waals surface area contributed by atoms with Crippen molar-refractivity contribution < 1.29 is 4.74 Å². The molecule has 1 N–H and O–H groups in total. The molecule has 1 aromatic heterocycles. The molecule has 1 aromatic rings. The van der Waals surface area contributed by atoms with E-state index < -0.39 is 0 Å². The zero-order chi connectivity index (χ0) is 11.8. The molecule has 0 saturated heterocycles. The zero-order valence-corrected chi connectivity index (χ0v) is 10.5. The highest BCUT2D eigenvalue weighted by atomic mass is 16.5. The minimum atomic E-state index is 0.204. The fourth-order valence-corrected chi connectivity index (χ4v) is 1.47. The lowest BCUT2D eigenvalue weighted by atomic mass is 10.2. The summed E-state index contributed by atoms with van der Waals surface area (Å²) in [4.78, 5) is 4.18. The summed E-state index contributed by atoms with van der Waals surface area (Å²) in [6, 6.07) is 2.07. The maximum atomic E-state index is 5.60. The van der Waals surface area contributed by atoms with Gasteiger partial charge in [0, 0.05) is 6.20 Å². The summed E-state index contributed by atoms with van der Waals surface area (Å²) >= 11 is 0. The smallest absolute Gasteiger partial charge is 0.138 e. The van der Waals surface area contributed by atoms with Crippen LogP contribution in [-0.4, -0.2) is 24.2 Å². The highest BCUT2D eigenvalue weighted by Crippen LogP contribution is 2.13. The van der Waals surface area contributed by atoms with Crippen molar-refractivity contribution >= 4 is 0 Å². The SMILES string of the molecule is CCCNCCc1cncc(OC(C)C)c1. The number of nitrogens with one attached hydrogen (secondary N) is 1. The molecule has 0 atom stereocenters. The second kappa shape index (κ2) is 7.23. The van der Waals surface area contributed by atoms with E-state index in [1.54, 1.807) is 6.20 Å². The summed E-state index contributed by atoms with van der Waals surface area (Å²) in [5.41, 5.74) is 1.22. The number of hydrogen-bond acceptors (Lipinski definition) is 3. The number of rotatable bonds is 7. The number of pyridine rings is 1. The summed E-state index contributed by atoms with van der Waals surface area (Å²) < 4.78 is 5.60. The van der Waals surface area contributed by atoms with E-state index >= 15 is 0 Å². The molecule has 90 valence electrons. The van der Waals surface area contributed by atoms with Gasteiger partial charge in [0.05, 0.1) is 12.3 Å². The molecular weight excluding hydrogens is 200 g/mol. The predicted octanol–water partition coefficient (Wildman–Crippen LogP) is 2.41. The third-order valence-electron chi connectivity index (χ3n) is 2.16. The zero-order valence-electron chi connectivity index (χ0n) is 10.5. The van der Waals surface area contributed by atoms with Crippen LogP contribution >= 0.6 is 0 Å². The van der Waals surface area contributed by atoms with Gasteiger partial charge in [0.15, 0.2) is 0 Å². The molecule has 3 nitrogen and oxygen atoms in total. The molecule has 3 heteroatoms. The van der Waals surface area contributed by atoms with Crippen LogP contribution in [0.5, 0.6) is 5.75 Å². The molecule has 0 aliphatic heterocycles. The molecule has 0 aliphatic rings. The van der Waals surface area contributed by atoms with Gasteiger partial charge in [-0.25, -0.2) is 0 Å². The van der Waals surface area contributed by atoms with Crippen LogP contribution in [-0.2, 0) is 6.42 Å². The highest BCUT2D eigenvalue weighted by Gasteiger charge is 2.00. The molecule has 0 fully saturated rings. The Labute approximate surface area is 98.2 Å². The fourth-order valence-electron chi connectivity index (χ4n) is 1.47. The van der Waals surface area contributed by atoms with Gasteiger partial charge in [-0.1, -0.05) is 6.92 Å². The lowest BCUT2D eigenvalue weighted by Gasteiger charge is -2.10. The van der Waals surface area contributed by atoms with Crippen LogP contribution in [0.1, 0.15) is 32.8 Å². The lowest BCUT2D eigenvalue weighted by molar-refractivity contribution is 0.241. The van der Waals surface area contributed by atoms with Crippen LogP contribution < -0.4 is 10.1 Å². The molecule has 0 aromatic carbocycles. The normalized spacial score (nSPS) is 10.8. The van der Waals surface area contributed by atoms with Gasteiger partial charge in [-0.15, -0.1) is 0 Å². The summed E-state index contributed by atoms with van der Waals surface area (Å²) in [6.07, 6.45) is 6.05.